The highest BCUT2D eigenvalue weighted by atomic mass is 31.2. The first-order chi connectivity index (χ1) is 15.9. The van der Waals surface area contributed by atoms with Gasteiger partial charge in [-0.25, -0.2) is 18.5 Å². The molecule has 34 heavy (non-hydrogen) atoms. The number of aromatic nitrogens is 2. The van der Waals surface area contributed by atoms with Gasteiger partial charge in [0.2, 0.25) is 0 Å². The minimum Gasteiger partial charge on any atom is -0.461 e. The number of phosphoric acid groups is 1. The van der Waals surface area contributed by atoms with E-state index in [1.165, 1.54) is 10.6 Å². The average Bonchev–Trinajstić information content (AvgIpc) is 3.13. The van der Waals surface area contributed by atoms with Crippen LogP contribution in [0.3, 0.4) is 0 Å². The molecule has 182 valence electrons. The summed E-state index contributed by atoms with van der Waals surface area (Å²) >= 11 is 0. The summed E-state index contributed by atoms with van der Waals surface area (Å²) in [6.07, 6.45) is 1.16. The van der Waals surface area contributed by atoms with Crippen molar-refractivity contribution in [1.82, 2.24) is 9.55 Å². The van der Waals surface area contributed by atoms with E-state index in [2.05, 4.69) is 4.98 Å². The van der Waals surface area contributed by atoms with Crippen LogP contribution >= 0.6 is 7.82 Å². The van der Waals surface area contributed by atoms with Crippen molar-refractivity contribution < 1.29 is 38.1 Å². The SMILES string of the molecule is Cc1ncc([N+](=O)[O-])n1CCOC(=O)[C@@H](C)c1ccc(-c2ccccc2)c(F)c1.O=P(O)(O)O. The minimum atomic E-state index is -4.64. The van der Waals surface area contributed by atoms with Gasteiger partial charge in [-0.1, -0.05) is 42.5 Å². The molecule has 3 aromatic rings. The molecular formula is C21H23FN3O8P. The minimum absolute atomic E-state index is 0.0498. The van der Waals surface area contributed by atoms with Gasteiger partial charge in [-0.2, -0.15) is 0 Å². The maximum Gasteiger partial charge on any atom is 0.466 e. The van der Waals surface area contributed by atoms with Crippen LogP contribution in [0.25, 0.3) is 11.1 Å². The predicted octanol–water partition coefficient (Wildman–Crippen LogP) is 3.32. The molecule has 0 bridgehead atoms. The number of benzene rings is 2. The van der Waals surface area contributed by atoms with E-state index in [1.807, 2.05) is 30.3 Å². The zero-order valence-electron chi connectivity index (χ0n) is 18.2. The maximum absolute atomic E-state index is 14.5. The number of halogens is 1. The average molecular weight is 495 g/mol. The van der Waals surface area contributed by atoms with Crippen molar-refractivity contribution in [2.24, 2.45) is 0 Å². The fourth-order valence-corrected chi connectivity index (χ4v) is 3.03. The lowest BCUT2D eigenvalue weighted by Gasteiger charge is -2.13. The molecule has 3 N–H and O–H groups in total. The molecule has 3 rings (SSSR count). The Kier molecular flexibility index (Phi) is 9.16. The zero-order chi connectivity index (χ0) is 25.5. The van der Waals surface area contributed by atoms with Gasteiger partial charge < -0.3 is 29.5 Å². The first-order valence-electron chi connectivity index (χ1n) is 9.84. The van der Waals surface area contributed by atoms with E-state index in [-0.39, 0.29) is 19.0 Å². The first kappa shape index (κ1) is 26.8. The Balaban J connectivity index is 0.000000739. The van der Waals surface area contributed by atoms with Gasteiger partial charge in [-0.3, -0.25) is 4.79 Å². The van der Waals surface area contributed by atoms with Gasteiger partial charge in [0, 0.05) is 12.5 Å². The Morgan fingerprint density at radius 2 is 1.85 bits per heavy atom. The summed E-state index contributed by atoms with van der Waals surface area (Å²) in [7, 11) is -4.64. The molecule has 13 heteroatoms. The third kappa shape index (κ3) is 7.85. The molecule has 0 spiro atoms. The van der Waals surface area contributed by atoms with Crippen molar-refractivity contribution in [1.29, 1.82) is 0 Å². The van der Waals surface area contributed by atoms with E-state index in [0.29, 0.717) is 17.0 Å². The van der Waals surface area contributed by atoms with E-state index in [9.17, 15) is 19.3 Å². The molecule has 0 aliphatic carbocycles. The molecule has 11 nitrogen and oxygen atoms in total. The lowest BCUT2D eigenvalue weighted by Crippen LogP contribution is -2.17. The molecule has 0 unspecified atom stereocenters. The monoisotopic (exact) mass is 495 g/mol. The van der Waals surface area contributed by atoms with Crippen LogP contribution in [0, 0.1) is 22.9 Å². The van der Waals surface area contributed by atoms with Gasteiger partial charge in [-0.15, -0.1) is 0 Å². The van der Waals surface area contributed by atoms with Gasteiger partial charge in [0.1, 0.15) is 25.2 Å². The lowest BCUT2D eigenvalue weighted by atomic mass is 9.97. The third-order valence-corrected chi connectivity index (χ3v) is 4.71. The standard InChI is InChI=1S/C21H20FN3O4.H3O4P/c1-14(17-8-9-18(19(22)12-17)16-6-4-3-5-7-16)21(26)29-11-10-24-15(2)23-13-20(24)25(27)28;1-5(2,3)4/h3-9,12-14H,10-11H2,1-2H3;(H3,1,2,3,4)/t14-;/m0./s1. The van der Waals surface area contributed by atoms with Crippen molar-refractivity contribution >= 4 is 19.6 Å². The second-order valence-electron chi connectivity index (χ2n) is 7.08. The van der Waals surface area contributed by atoms with Crippen molar-refractivity contribution in [2.45, 2.75) is 26.3 Å². The summed E-state index contributed by atoms with van der Waals surface area (Å²) in [5, 5.41) is 11.0. The summed E-state index contributed by atoms with van der Waals surface area (Å²) in [5.74, 6) is -1.33. The molecule has 0 aliphatic heterocycles. The summed E-state index contributed by atoms with van der Waals surface area (Å²) in [6, 6.07) is 13.8. The quantitative estimate of drug-likeness (QED) is 0.193. The largest absolute Gasteiger partial charge is 0.466 e. The zero-order valence-corrected chi connectivity index (χ0v) is 19.1. The van der Waals surface area contributed by atoms with Crippen LogP contribution in [0.4, 0.5) is 10.2 Å². The van der Waals surface area contributed by atoms with E-state index in [0.717, 1.165) is 11.8 Å². The summed E-state index contributed by atoms with van der Waals surface area (Å²) in [6.45, 7) is 3.33. The van der Waals surface area contributed by atoms with E-state index >= 15 is 0 Å². The number of hydrogen-bond donors (Lipinski definition) is 3. The molecule has 2 aromatic carbocycles. The summed E-state index contributed by atoms with van der Waals surface area (Å²) in [5.41, 5.74) is 1.71. The molecule has 0 amide bonds. The molecule has 0 aliphatic rings. The molecular weight excluding hydrogens is 472 g/mol. The fourth-order valence-electron chi connectivity index (χ4n) is 3.03. The molecule has 1 atom stereocenters. The Hall–Kier alpha value is -3.44. The van der Waals surface area contributed by atoms with Crippen molar-refractivity contribution in [3.05, 3.63) is 82.0 Å². The van der Waals surface area contributed by atoms with Gasteiger partial charge in [0.25, 0.3) is 0 Å². The number of aryl methyl sites for hydroxylation is 1. The second-order valence-corrected chi connectivity index (χ2v) is 8.11. The second kappa shape index (κ2) is 11.6. The van der Waals surface area contributed by atoms with E-state index < -0.39 is 30.5 Å². The van der Waals surface area contributed by atoms with Crippen LogP contribution in [-0.4, -0.2) is 41.7 Å². The number of hydrogen-bond acceptors (Lipinski definition) is 6. The number of imidazole rings is 1. The lowest BCUT2D eigenvalue weighted by molar-refractivity contribution is -0.392. The van der Waals surface area contributed by atoms with Crippen LogP contribution in [0.2, 0.25) is 0 Å². The van der Waals surface area contributed by atoms with Crippen molar-refractivity contribution in [2.75, 3.05) is 6.61 Å². The van der Waals surface area contributed by atoms with Gasteiger partial charge in [0.05, 0.1) is 5.92 Å². The van der Waals surface area contributed by atoms with Crippen LogP contribution in [0.5, 0.6) is 0 Å². The number of nitro groups is 1. The van der Waals surface area contributed by atoms with Crippen LogP contribution in [0.15, 0.2) is 54.7 Å². The van der Waals surface area contributed by atoms with E-state index in [4.69, 9.17) is 24.0 Å². The Labute approximate surface area is 193 Å². The summed E-state index contributed by atoms with van der Waals surface area (Å²) in [4.78, 5) is 48.2. The highest BCUT2D eigenvalue weighted by molar-refractivity contribution is 7.45. The molecule has 0 saturated heterocycles. The topological polar surface area (TPSA) is 165 Å². The molecule has 0 saturated carbocycles. The first-order valence-corrected chi connectivity index (χ1v) is 11.4. The van der Waals surface area contributed by atoms with Crippen molar-refractivity contribution in [3.8, 4) is 11.1 Å². The number of ether oxygens (including phenoxy) is 1. The number of rotatable bonds is 7. The predicted molar refractivity (Wildman–Crippen MR) is 119 cm³/mol. The normalized spacial score (nSPS) is 11.8. The number of carbonyl (C=O) groups excluding carboxylic acids is 1. The highest BCUT2D eigenvalue weighted by Gasteiger charge is 2.21. The third-order valence-electron chi connectivity index (χ3n) is 4.71. The molecule has 0 fully saturated rings. The fraction of sp³-hybridized carbons (Fsp3) is 0.238. The molecule has 1 aromatic heterocycles. The Morgan fingerprint density at radius 3 is 2.41 bits per heavy atom. The maximum atomic E-state index is 14.5. The molecule has 0 radical (unpaired) electrons. The van der Waals surface area contributed by atoms with Gasteiger partial charge in [0.15, 0.2) is 5.82 Å². The highest BCUT2D eigenvalue weighted by Crippen LogP contribution is 2.27. The Morgan fingerprint density at radius 1 is 1.24 bits per heavy atom. The van der Waals surface area contributed by atoms with Crippen LogP contribution < -0.4 is 0 Å². The van der Waals surface area contributed by atoms with Crippen LogP contribution in [0.1, 0.15) is 24.2 Å². The van der Waals surface area contributed by atoms with Gasteiger partial charge in [-0.05, 0) is 29.0 Å². The summed E-state index contributed by atoms with van der Waals surface area (Å²) < 4.78 is 30.0. The van der Waals surface area contributed by atoms with Crippen LogP contribution in [-0.2, 0) is 20.6 Å². The van der Waals surface area contributed by atoms with Crippen molar-refractivity contribution in [3.63, 3.8) is 0 Å². The van der Waals surface area contributed by atoms with Gasteiger partial charge >= 0.3 is 19.6 Å². The molecule has 1 heterocycles. The number of carbonyl (C=O) groups is 1. The Bertz CT molecular complexity index is 1190. The number of esters is 1. The smallest absolute Gasteiger partial charge is 0.461 e. The van der Waals surface area contributed by atoms with E-state index in [1.54, 1.807) is 26.0 Å². The number of nitrogens with zero attached hydrogens (tertiary/aromatic N) is 3.